The molecule has 0 unspecified atom stereocenters. The summed E-state index contributed by atoms with van der Waals surface area (Å²) in [7, 11) is 0. The SMILES string of the molecule is OCc1cc(OC(F)F)c2ccccc2c1. The fraction of sp³-hybridized carbons (Fsp3) is 0.167. The number of benzene rings is 2. The number of halogens is 2. The molecule has 2 rings (SSSR count). The van der Waals surface area contributed by atoms with Crippen molar-refractivity contribution in [1.82, 2.24) is 0 Å². The predicted octanol–water partition coefficient (Wildman–Crippen LogP) is 2.93. The number of hydrogen-bond acceptors (Lipinski definition) is 2. The molecule has 0 bridgehead atoms. The first-order valence-electron chi connectivity index (χ1n) is 4.78. The fourth-order valence-electron chi connectivity index (χ4n) is 1.62. The van der Waals surface area contributed by atoms with E-state index in [1.807, 2.05) is 0 Å². The van der Waals surface area contributed by atoms with Crippen molar-refractivity contribution in [1.29, 1.82) is 0 Å². The normalized spacial score (nSPS) is 11.0. The van der Waals surface area contributed by atoms with Crippen LogP contribution in [-0.2, 0) is 6.61 Å². The zero-order valence-electron chi connectivity index (χ0n) is 8.36. The van der Waals surface area contributed by atoms with Crippen molar-refractivity contribution in [3.8, 4) is 5.75 Å². The van der Waals surface area contributed by atoms with Gasteiger partial charge in [-0.15, -0.1) is 0 Å². The van der Waals surface area contributed by atoms with Crippen molar-refractivity contribution in [2.45, 2.75) is 13.2 Å². The van der Waals surface area contributed by atoms with Crippen molar-refractivity contribution in [2.24, 2.45) is 0 Å². The van der Waals surface area contributed by atoms with E-state index in [-0.39, 0.29) is 12.4 Å². The Morgan fingerprint density at radius 3 is 2.62 bits per heavy atom. The molecule has 0 saturated heterocycles. The first-order chi connectivity index (χ1) is 7.70. The number of alkyl halides is 2. The third kappa shape index (κ3) is 2.12. The lowest BCUT2D eigenvalue weighted by atomic mass is 10.1. The molecule has 0 aromatic heterocycles. The highest BCUT2D eigenvalue weighted by molar-refractivity contribution is 5.89. The van der Waals surface area contributed by atoms with E-state index in [2.05, 4.69) is 4.74 Å². The molecule has 2 aromatic carbocycles. The van der Waals surface area contributed by atoms with Crippen LogP contribution in [0.4, 0.5) is 8.78 Å². The lowest BCUT2D eigenvalue weighted by Crippen LogP contribution is -2.03. The van der Waals surface area contributed by atoms with E-state index in [4.69, 9.17) is 5.11 Å². The van der Waals surface area contributed by atoms with Crippen LogP contribution in [0.2, 0.25) is 0 Å². The maximum atomic E-state index is 12.2. The van der Waals surface area contributed by atoms with E-state index >= 15 is 0 Å². The molecule has 0 spiro atoms. The highest BCUT2D eigenvalue weighted by atomic mass is 19.3. The standard InChI is InChI=1S/C12H10F2O2/c13-12(14)16-11-6-8(7-15)5-9-3-1-2-4-10(9)11/h1-6,12,15H,7H2. The van der Waals surface area contributed by atoms with Gasteiger partial charge in [0.1, 0.15) is 5.75 Å². The van der Waals surface area contributed by atoms with Crippen molar-refractivity contribution in [2.75, 3.05) is 0 Å². The van der Waals surface area contributed by atoms with E-state index in [0.717, 1.165) is 5.39 Å². The number of aliphatic hydroxyl groups excluding tert-OH is 1. The van der Waals surface area contributed by atoms with Gasteiger partial charge in [0.2, 0.25) is 0 Å². The van der Waals surface area contributed by atoms with Crippen LogP contribution in [0.5, 0.6) is 5.75 Å². The summed E-state index contributed by atoms with van der Waals surface area (Å²) in [6, 6.07) is 10.2. The molecule has 0 fully saturated rings. The Morgan fingerprint density at radius 1 is 1.19 bits per heavy atom. The van der Waals surface area contributed by atoms with Crippen LogP contribution in [0.3, 0.4) is 0 Å². The monoisotopic (exact) mass is 224 g/mol. The average molecular weight is 224 g/mol. The Hall–Kier alpha value is -1.68. The van der Waals surface area contributed by atoms with Crippen LogP contribution in [0.1, 0.15) is 5.56 Å². The molecule has 84 valence electrons. The number of fused-ring (bicyclic) bond motifs is 1. The average Bonchev–Trinajstić information content (AvgIpc) is 2.28. The molecule has 0 heterocycles. The van der Waals surface area contributed by atoms with Crippen molar-refractivity contribution >= 4 is 10.8 Å². The van der Waals surface area contributed by atoms with E-state index in [1.165, 1.54) is 6.07 Å². The fourth-order valence-corrected chi connectivity index (χ4v) is 1.62. The molecular weight excluding hydrogens is 214 g/mol. The summed E-state index contributed by atoms with van der Waals surface area (Å²) >= 11 is 0. The molecule has 0 aliphatic rings. The van der Waals surface area contributed by atoms with E-state index in [9.17, 15) is 8.78 Å². The Morgan fingerprint density at radius 2 is 1.94 bits per heavy atom. The van der Waals surface area contributed by atoms with Gasteiger partial charge in [0.25, 0.3) is 0 Å². The number of ether oxygens (including phenoxy) is 1. The van der Waals surface area contributed by atoms with Gasteiger partial charge in [-0.05, 0) is 23.1 Å². The Labute approximate surface area is 91.1 Å². The maximum Gasteiger partial charge on any atom is 0.387 e. The predicted molar refractivity (Wildman–Crippen MR) is 56.5 cm³/mol. The second-order valence-corrected chi connectivity index (χ2v) is 3.35. The van der Waals surface area contributed by atoms with Crippen molar-refractivity contribution in [3.63, 3.8) is 0 Å². The molecule has 16 heavy (non-hydrogen) atoms. The second-order valence-electron chi connectivity index (χ2n) is 3.35. The summed E-state index contributed by atoms with van der Waals surface area (Å²) in [6.07, 6.45) is 0. The van der Waals surface area contributed by atoms with Crippen LogP contribution in [0.15, 0.2) is 36.4 Å². The minimum absolute atomic E-state index is 0.0946. The molecule has 0 radical (unpaired) electrons. The molecule has 0 atom stereocenters. The smallest absolute Gasteiger partial charge is 0.387 e. The van der Waals surface area contributed by atoms with Crippen LogP contribution >= 0.6 is 0 Å². The van der Waals surface area contributed by atoms with E-state index in [1.54, 1.807) is 30.3 Å². The Bertz CT molecular complexity index is 497. The number of aliphatic hydroxyl groups is 1. The van der Waals surface area contributed by atoms with Gasteiger partial charge in [-0.3, -0.25) is 0 Å². The zero-order valence-corrected chi connectivity index (χ0v) is 8.36. The summed E-state index contributed by atoms with van der Waals surface area (Å²) < 4.78 is 28.8. The summed E-state index contributed by atoms with van der Waals surface area (Å²) in [5.41, 5.74) is 0.550. The van der Waals surface area contributed by atoms with Crippen molar-refractivity contribution < 1.29 is 18.6 Å². The van der Waals surface area contributed by atoms with Gasteiger partial charge in [0.15, 0.2) is 0 Å². The molecule has 0 amide bonds. The summed E-state index contributed by atoms with van der Waals surface area (Å²) in [5, 5.41) is 10.4. The third-order valence-corrected chi connectivity index (χ3v) is 2.28. The largest absolute Gasteiger partial charge is 0.434 e. The summed E-state index contributed by atoms with van der Waals surface area (Å²) in [4.78, 5) is 0. The summed E-state index contributed by atoms with van der Waals surface area (Å²) in [6.45, 7) is -3.07. The molecule has 1 N–H and O–H groups in total. The molecule has 0 aliphatic carbocycles. The van der Waals surface area contributed by atoms with E-state index in [0.29, 0.717) is 10.9 Å². The van der Waals surface area contributed by atoms with Gasteiger partial charge in [-0.1, -0.05) is 24.3 Å². The van der Waals surface area contributed by atoms with Crippen LogP contribution < -0.4 is 4.74 Å². The van der Waals surface area contributed by atoms with Crippen molar-refractivity contribution in [3.05, 3.63) is 42.0 Å². The van der Waals surface area contributed by atoms with Gasteiger partial charge in [-0.2, -0.15) is 8.78 Å². The lowest BCUT2D eigenvalue weighted by molar-refractivity contribution is -0.0488. The maximum absolute atomic E-state index is 12.2. The molecule has 2 aromatic rings. The van der Waals surface area contributed by atoms with Crippen LogP contribution in [-0.4, -0.2) is 11.7 Å². The van der Waals surface area contributed by atoms with Gasteiger partial charge in [-0.25, -0.2) is 0 Å². The highest BCUT2D eigenvalue weighted by Gasteiger charge is 2.09. The third-order valence-electron chi connectivity index (χ3n) is 2.28. The molecule has 0 aliphatic heterocycles. The first kappa shape index (κ1) is 10.8. The summed E-state index contributed by atoms with van der Waals surface area (Å²) in [5.74, 6) is 0.0946. The van der Waals surface area contributed by atoms with Gasteiger partial charge < -0.3 is 9.84 Å². The molecule has 4 heteroatoms. The van der Waals surface area contributed by atoms with Gasteiger partial charge in [0, 0.05) is 5.39 Å². The number of hydrogen-bond donors (Lipinski definition) is 1. The van der Waals surface area contributed by atoms with Crippen LogP contribution in [0, 0.1) is 0 Å². The van der Waals surface area contributed by atoms with Crippen LogP contribution in [0.25, 0.3) is 10.8 Å². The second kappa shape index (κ2) is 4.45. The molecule has 0 saturated carbocycles. The number of rotatable bonds is 3. The van der Waals surface area contributed by atoms with Gasteiger partial charge >= 0.3 is 6.61 Å². The highest BCUT2D eigenvalue weighted by Crippen LogP contribution is 2.28. The minimum Gasteiger partial charge on any atom is -0.434 e. The topological polar surface area (TPSA) is 29.5 Å². The Kier molecular flexibility index (Phi) is 3.01. The lowest BCUT2D eigenvalue weighted by Gasteiger charge is -2.10. The minimum atomic E-state index is -2.86. The zero-order chi connectivity index (χ0) is 11.5. The van der Waals surface area contributed by atoms with Gasteiger partial charge in [0.05, 0.1) is 6.61 Å². The Balaban J connectivity index is 2.59. The van der Waals surface area contributed by atoms with E-state index < -0.39 is 6.61 Å². The molecular formula is C12H10F2O2. The first-order valence-corrected chi connectivity index (χ1v) is 4.78. The quantitative estimate of drug-likeness (QED) is 0.868. The molecule has 2 nitrogen and oxygen atoms in total.